The van der Waals surface area contributed by atoms with Gasteiger partial charge < -0.3 is 5.32 Å². The molecule has 0 spiro atoms. The summed E-state index contributed by atoms with van der Waals surface area (Å²) in [6, 6.07) is 13.9. The highest BCUT2D eigenvalue weighted by Gasteiger charge is 2.35. The molecular formula is C23H25Cl2N3O3S. The van der Waals surface area contributed by atoms with Gasteiger partial charge >= 0.3 is 0 Å². The zero-order valence-electron chi connectivity index (χ0n) is 17.7. The molecule has 0 radical (unpaired) electrons. The Labute approximate surface area is 199 Å². The number of nitriles is 1. The molecule has 170 valence electrons. The second-order valence-corrected chi connectivity index (χ2v) is 10.7. The first-order valence-electron chi connectivity index (χ1n) is 10.4. The van der Waals surface area contributed by atoms with Crippen molar-refractivity contribution in [1.82, 2.24) is 10.2 Å². The zero-order valence-corrected chi connectivity index (χ0v) is 20.1. The van der Waals surface area contributed by atoms with Crippen LogP contribution in [0.4, 0.5) is 0 Å². The van der Waals surface area contributed by atoms with Crippen molar-refractivity contribution < 1.29 is 13.2 Å². The Morgan fingerprint density at radius 2 is 1.91 bits per heavy atom. The number of benzene rings is 2. The summed E-state index contributed by atoms with van der Waals surface area (Å²) < 4.78 is 26.5. The Bertz CT molecular complexity index is 1110. The first-order valence-corrected chi connectivity index (χ1v) is 12.8. The molecule has 2 unspecified atom stereocenters. The Morgan fingerprint density at radius 3 is 2.56 bits per heavy atom. The Morgan fingerprint density at radius 1 is 1.19 bits per heavy atom. The summed E-state index contributed by atoms with van der Waals surface area (Å²) in [6.07, 6.45) is 2.68. The average molecular weight is 494 g/mol. The van der Waals surface area contributed by atoms with E-state index in [1.165, 1.54) is 6.07 Å². The molecule has 6 nitrogen and oxygen atoms in total. The van der Waals surface area contributed by atoms with Crippen LogP contribution in [0.3, 0.4) is 0 Å². The number of hydrogen-bond donors (Lipinski definition) is 1. The van der Waals surface area contributed by atoms with E-state index >= 15 is 0 Å². The van der Waals surface area contributed by atoms with Crippen LogP contribution in [0.1, 0.15) is 30.4 Å². The van der Waals surface area contributed by atoms with E-state index in [2.05, 4.69) is 11.4 Å². The molecule has 1 aliphatic carbocycles. The van der Waals surface area contributed by atoms with Crippen LogP contribution in [0.5, 0.6) is 0 Å². The van der Waals surface area contributed by atoms with Crippen molar-refractivity contribution in [2.45, 2.75) is 36.6 Å². The first-order chi connectivity index (χ1) is 15.2. The average Bonchev–Trinajstić information content (AvgIpc) is 3.28. The van der Waals surface area contributed by atoms with Crippen LogP contribution in [0.15, 0.2) is 47.4 Å². The predicted molar refractivity (Wildman–Crippen MR) is 125 cm³/mol. The summed E-state index contributed by atoms with van der Waals surface area (Å²) in [5.41, 5.74) is 1.58. The van der Waals surface area contributed by atoms with E-state index in [-0.39, 0.29) is 38.7 Å². The van der Waals surface area contributed by atoms with Gasteiger partial charge in [0.1, 0.15) is 5.88 Å². The molecule has 0 aliphatic heterocycles. The lowest BCUT2D eigenvalue weighted by Gasteiger charge is -2.29. The molecule has 2 aromatic rings. The summed E-state index contributed by atoms with van der Waals surface area (Å²) in [5.74, 6) is -0.353. The van der Waals surface area contributed by atoms with Gasteiger partial charge in [-0.2, -0.15) is 5.26 Å². The van der Waals surface area contributed by atoms with Crippen LogP contribution in [0.2, 0.25) is 10.0 Å². The Kier molecular flexibility index (Phi) is 8.18. The molecule has 32 heavy (non-hydrogen) atoms. The minimum absolute atomic E-state index is 0.0101. The van der Waals surface area contributed by atoms with Gasteiger partial charge in [-0.25, -0.2) is 8.42 Å². The number of rotatable bonds is 8. The van der Waals surface area contributed by atoms with Crippen molar-refractivity contribution in [3.8, 4) is 6.07 Å². The van der Waals surface area contributed by atoms with Gasteiger partial charge in [0, 0.05) is 25.6 Å². The maximum absolute atomic E-state index is 13.2. The van der Waals surface area contributed by atoms with Gasteiger partial charge in [0.15, 0.2) is 9.84 Å². The smallest absolute Gasteiger partial charge is 0.222 e. The van der Waals surface area contributed by atoms with Gasteiger partial charge in [0.05, 0.1) is 26.6 Å². The van der Waals surface area contributed by atoms with Crippen molar-refractivity contribution in [3.63, 3.8) is 0 Å². The van der Waals surface area contributed by atoms with Crippen molar-refractivity contribution in [2.75, 3.05) is 19.5 Å². The summed E-state index contributed by atoms with van der Waals surface area (Å²) in [5, 5.41) is 11.9. The lowest BCUT2D eigenvalue weighted by Crippen LogP contribution is -2.40. The summed E-state index contributed by atoms with van der Waals surface area (Å²) >= 11 is 12.2. The fourth-order valence-electron chi connectivity index (χ4n) is 4.11. The van der Waals surface area contributed by atoms with Gasteiger partial charge in [0.2, 0.25) is 5.91 Å². The molecule has 3 rings (SSSR count). The molecule has 0 bridgehead atoms. The van der Waals surface area contributed by atoms with Crippen LogP contribution in [0, 0.1) is 17.2 Å². The molecule has 1 saturated carbocycles. The van der Waals surface area contributed by atoms with Crippen molar-refractivity contribution in [1.29, 1.82) is 5.26 Å². The largest absolute Gasteiger partial charge is 0.359 e. The highest BCUT2D eigenvalue weighted by Crippen LogP contribution is 2.33. The lowest BCUT2D eigenvalue weighted by molar-refractivity contribution is -0.124. The number of carbonyl (C=O) groups is 1. The van der Waals surface area contributed by atoms with Crippen molar-refractivity contribution >= 4 is 38.9 Å². The zero-order chi connectivity index (χ0) is 23.3. The van der Waals surface area contributed by atoms with Crippen molar-refractivity contribution in [2.24, 2.45) is 5.92 Å². The molecule has 9 heteroatoms. The number of amides is 1. The minimum atomic E-state index is -3.74. The number of sulfone groups is 1. The van der Waals surface area contributed by atoms with E-state index in [0.29, 0.717) is 24.9 Å². The number of carbonyl (C=O) groups excluding carboxylic acids is 1. The Balaban J connectivity index is 1.82. The molecule has 1 amide bonds. The molecule has 1 aliphatic rings. The second kappa shape index (κ2) is 10.7. The van der Waals surface area contributed by atoms with Crippen molar-refractivity contribution in [3.05, 3.63) is 63.6 Å². The van der Waals surface area contributed by atoms with Crippen LogP contribution in [0.25, 0.3) is 0 Å². The van der Waals surface area contributed by atoms with Gasteiger partial charge in [-0.05, 0) is 55.5 Å². The molecule has 1 fully saturated rings. The highest BCUT2D eigenvalue weighted by atomic mass is 35.5. The summed E-state index contributed by atoms with van der Waals surface area (Å²) in [6.45, 7) is 0.494. The van der Waals surface area contributed by atoms with E-state index < -0.39 is 9.84 Å². The van der Waals surface area contributed by atoms with Gasteiger partial charge in [-0.1, -0.05) is 41.4 Å². The lowest BCUT2D eigenvalue weighted by atomic mass is 10.1. The molecule has 0 aromatic heterocycles. The van der Waals surface area contributed by atoms with Crippen LogP contribution < -0.4 is 5.32 Å². The normalized spacial score (nSPS) is 18.5. The molecule has 2 atom stereocenters. The van der Waals surface area contributed by atoms with Crippen LogP contribution in [-0.4, -0.2) is 44.7 Å². The van der Waals surface area contributed by atoms with E-state index in [1.54, 1.807) is 31.3 Å². The quantitative estimate of drug-likeness (QED) is 0.598. The number of halogens is 2. The number of nitrogens with one attached hydrogen (secondary N) is 1. The topological polar surface area (TPSA) is 90.3 Å². The molecular weight excluding hydrogens is 469 g/mol. The Hall–Kier alpha value is -2.11. The predicted octanol–water partition coefficient (Wildman–Crippen LogP) is 4.06. The third kappa shape index (κ3) is 5.81. The third-order valence-corrected chi connectivity index (χ3v) is 8.51. The first kappa shape index (κ1) is 24.5. The number of nitrogens with zero attached hydrogens (tertiary/aromatic N) is 2. The van der Waals surface area contributed by atoms with Gasteiger partial charge in [-0.3, -0.25) is 9.69 Å². The SMILES string of the molecule is CNC(=O)C1CCC(N(CCc2ccc(C#N)cc2)CS(=O)(=O)c2cccc(Cl)c2Cl)C1. The fraction of sp³-hybridized carbons (Fsp3) is 0.391. The maximum atomic E-state index is 13.2. The van der Waals surface area contributed by atoms with Gasteiger partial charge in [-0.15, -0.1) is 0 Å². The molecule has 0 heterocycles. The minimum Gasteiger partial charge on any atom is -0.359 e. The van der Waals surface area contributed by atoms with E-state index in [9.17, 15) is 13.2 Å². The second-order valence-electron chi connectivity index (χ2n) is 7.94. The van der Waals surface area contributed by atoms with Gasteiger partial charge in [0.25, 0.3) is 0 Å². The highest BCUT2D eigenvalue weighted by molar-refractivity contribution is 7.91. The maximum Gasteiger partial charge on any atom is 0.222 e. The number of hydrogen-bond acceptors (Lipinski definition) is 5. The third-order valence-electron chi connectivity index (χ3n) is 5.90. The molecule has 0 saturated heterocycles. The summed E-state index contributed by atoms with van der Waals surface area (Å²) in [4.78, 5) is 14.0. The molecule has 2 aromatic carbocycles. The monoisotopic (exact) mass is 493 g/mol. The summed E-state index contributed by atoms with van der Waals surface area (Å²) in [7, 11) is -2.13. The van der Waals surface area contributed by atoms with Crippen LogP contribution in [-0.2, 0) is 21.1 Å². The van der Waals surface area contributed by atoms with E-state index in [4.69, 9.17) is 28.5 Å². The van der Waals surface area contributed by atoms with E-state index in [0.717, 1.165) is 18.4 Å². The van der Waals surface area contributed by atoms with Crippen LogP contribution >= 0.6 is 23.2 Å². The fourth-order valence-corrected chi connectivity index (χ4v) is 6.41. The molecule has 1 N–H and O–H groups in total. The standard InChI is InChI=1S/C23H25Cl2N3O3S/c1-27-23(29)18-9-10-19(13-18)28(12-11-16-5-7-17(14-26)8-6-16)15-32(30,31)21-4-2-3-20(24)22(21)25/h2-8,18-19H,9-13,15H2,1H3,(H,27,29). The van der Waals surface area contributed by atoms with E-state index in [1.807, 2.05) is 17.0 Å².